The van der Waals surface area contributed by atoms with E-state index in [1.165, 1.54) is 56.4 Å². The van der Waals surface area contributed by atoms with Crippen molar-refractivity contribution in [3.63, 3.8) is 0 Å². The molecule has 1 aliphatic rings. The number of hydrogen-bond donors (Lipinski definition) is 0. The van der Waals surface area contributed by atoms with Gasteiger partial charge < -0.3 is 19.2 Å². The van der Waals surface area contributed by atoms with Gasteiger partial charge in [-0.05, 0) is 86.0 Å². The number of ether oxygens (including phenoxy) is 2. The summed E-state index contributed by atoms with van der Waals surface area (Å²) >= 11 is 1.50. The molecule has 6 rings (SSSR count). The number of aromatic nitrogens is 5. The number of benzene rings is 3. The van der Waals surface area contributed by atoms with Crippen LogP contribution in [0.5, 0.6) is 5.75 Å². The Kier molecular flexibility index (Phi) is 11.0. The maximum Gasteiger partial charge on any atom is 0.365 e. The van der Waals surface area contributed by atoms with Gasteiger partial charge >= 0.3 is 5.97 Å². The van der Waals surface area contributed by atoms with E-state index in [1.807, 2.05) is 48.5 Å². The monoisotopic (exact) mass is 640 g/mol. The number of rotatable bonds is 15. The molecule has 3 aromatic carbocycles. The highest BCUT2D eigenvalue weighted by atomic mass is 32.1. The second-order valence-electron chi connectivity index (χ2n) is 11.6. The first-order chi connectivity index (χ1) is 22.7. The van der Waals surface area contributed by atoms with Crippen LogP contribution in [-0.2, 0) is 4.74 Å². The molecule has 0 aliphatic carbocycles. The second kappa shape index (κ2) is 15.9. The first-order valence-electron chi connectivity index (χ1n) is 16.1. The van der Waals surface area contributed by atoms with Crippen LogP contribution in [0.2, 0.25) is 0 Å². The summed E-state index contributed by atoms with van der Waals surface area (Å²) in [5.41, 5.74) is 3.53. The fourth-order valence-corrected chi connectivity index (χ4v) is 6.51. The van der Waals surface area contributed by atoms with Crippen LogP contribution in [0.15, 0.2) is 72.8 Å². The van der Waals surface area contributed by atoms with E-state index in [0.29, 0.717) is 16.6 Å². The molecule has 240 valence electrons. The van der Waals surface area contributed by atoms with Crippen LogP contribution < -0.4 is 9.57 Å². The van der Waals surface area contributed by atoms with Crippen LogP contribution in [0.25, 0.3) is 32.2 Å². The van der Waals surface area contributed by atoms with E-state index in [2.05, 4.69) is 25.4 Å². The summed E-state index contributed by atoms with van der Waals surface area (Å²) in [4.78, 5) is 21.8. The predicted octanol–water partition coefficient (Wildman–Crippen LogP) is 6.72. The number of fused-ring (bicyclic) bond motifs is 1. The number of hydrogen-bond acceptors (Lipinski definition) is 10. The molecule has 0 spiro atoms. The quantitative estimate of drug-likeness (QED) is 0.0911. The highest BCUT2D eigenvalue weighted by Gasteiger charge is 2.20. The van der Waals surface area contributed by atoms with Crippen LogP contribution in [-0.4, -0.2) is 75.7 Å². The molecule has 0 bridgehead atoms. The fourth-order valence-electron chi connectivity index (χ4n) is 5.66. The molecule has 0 unspecified atom stereocenters. The standard InChI is InChI=1S/C35H40N6O4S/c1-43-25-9-5-3-2-4-8-22-40-23-20-30(21-24-40)44-29-18-16-27(17-19-29)34-38-37-33(46-34)26-12-14-28(15-13-26)35(42)45-41-32-11-7-6-10-31(32)36-39-41/h6-7,10-19,30H,2-5,8-9,20-25H2,1H3. The summed E-state index contributed by atoms with van der Waals surface area (Å²) in [6.07, 6.45) is 10.1. The normalized spacial score (nSPS) is 14.1. The Bertz CT molecular complexity index is 1680. The van der Waals surface area contributed by atoms with Gasteiger partial charge in [-0.25, -0.2) is 4.79 Å². The molecule has 0 amide bonds. The summed E-state index contributed by atoms with van der Waals surface area (Å²) in [5.74, 6) is 0.366. The largest absolute Gasteiger partial charge is 0.490 e. The number of methoxy groups -OCH3 is 1. The van der Waals surface area contributed by atoms with E-state index in [4.69, 9.17) is 14.3 Å². The second-order valence-corrected chi connectivity index (χ2v) is 12.6. The first-order valence-corrected chi connectivity index (χ1v) is 16.9. The molecule has 5 aromatic rings. The number of para-hydroxylation sites is 1. The Morgan fingerprint density at radius 1 is 0.804 bits per heavy atom. The van der Waals surface area contributed by atoms with E-state index in [9.17, 15) is 4.79 Å². The smallest absolute Gasteiger partial charge is 0.365 e. The van der Waals surface area contributed by atoms with Crippen molar-refractivity contribution in [1.29, 1.82) is 0 Å². The Morgan fingerprint density at radius 2 is 1.46 bits per heavy atom. The van der Waals surface area contributed by atoms with E-state index < -0.39 is 5.97 Å². The fraction of sp³-hybridized carbons (Fsp3) is 0.400. The molecule has 0 N–H and O–H groups in total. The van der Waals surface area contributed by atoms with E-state index >= 15 is 0 Å². The van der Waals surface area contributed by atoms with Crippen LogP contribution in [0.4, 0.5) is 0 Å². The molecule has 0 atom stereocenters. The van der Waals surface area contributed by atoms with Crippen molar-refractivity contribution in [2.24, 2.45) is 0 Å². The highest BCUT2D eigenvalue weighted by Crippen LogP contribution is 2.31. The van der Waals surface area contributed by atoms with Crippen LogP contribution in [0.3, 0.4) is 0 Å². The van der Waals surface area contributed by atoms with Gasteiger partial charge in [0.05, 0.1) is 5.56 Å². The molecule has 2 aromatic heterocycles. The van der Waals surface area contributed by atoms with Crippen molar-refractivity contribution < 1.29 is 19.1 Å². The minimum atomic E-state index is -0.524. The molecular formula is C35H40N6O4S. The molecule has 11 heteroatoms. The van der Waals surface area contributed by atoms with Gasteiger partial charge in [-0.3, -0.25) is 0 Å². The minimum Gasteiger partial charge on any atom is -0.490 e. The SMILES string of the molecule is COCCCCCCCCN1CCC(Oc2ccc(-c3nnc(-c4ccc(C(=O)On5nnc6ccccc65)cc4)s3)cc2)CC1. The summed E-state index contributed by atoms with van der Waals surface area (Å²) in [6.45, 7) is 4.29. The van der Waals surface area contributed by atoms with Crippen molar-refractivity contribution >= 4 is 28.3 Å². The summed E-state index contributed by atoms with van der Waals surface area (Å²) in [5, 5.41) is 18.3. The maximum atomic E-state index is 12.7. The van der Waals surface area contributed by atoms with Crippen LogP contribution >= 0.6 is 11.3 Å². The number of carbonyl (C=O) groups is 1. The van der Waals surface area contributed by atoms with Gasteiger partial charge in [-0.1, -0.05) is 66.1 Å². The third-order valence-electron chi connectivity index (χ3n) is 8.29. The minimum absolute atomic E-state index is 0.256. The molecule has 1 saturated heterocycles. The Hall–Kier alpha value is -4.19. The molecule has 10 nitrogen and oxygen atoms in total. The lowest BCUT2D eigenvalue weighted by atomic mass is 10.1. The molecule has 3 heterocycles. The van der Waals surface area contributed by atoms with E-state index in [0.717, 1.165) is 64.3 Å². The Morgan fingerprint density at radius 3 is 2.17 bits per heavy atom. The number of likely N-dealkylation sites (tertiary alicyclic amines) is 1. The average Bonchev–Trinajstić information content (AvgIpc) is 3.75. The predicted molar refractivity (Wildman–Crippen MR) is 179 cm³/mol. The highest BCUT2D eigenvalue weighted by molar-refractivity contribution is 7.17. The Labute approximate surface area is 273 Å². The van der Waals surface area contributed by atoms with Gasteiger partial charge in [0, 0.05) is 37.9 Å². The zero-order chi connectivity index (χ0) is 31.6. The van der Waals surface area contributed by atoms with Crippen molar-refractivity contribution in [2.45, 2.75) is 57.5 Å². The number of piperidine rings is 1. The molecule has 46 heavy (non-hydrogen) atoms. The van der Waals surface area contributed by atoms with Gasteiger partial charge in [0.1, 0.15) is 32.9 Å². The van der Waals surface area contributed by atoms with E-state index in [-0.39, 0.29) is 6.10 Å². The van der Waals surface area contributed by atoms with Gasteiger partial charge in [-0.2, -0.15) is 0 Å². The van der Waals surface area contributed by atoms with Crippen molar-refractivity contribution in [3.8, 4) is 26.9 Å². The zero-order valence-corrected chi connectivity index (χ0v) is 27.0. The summed E-state index contributed by atoms with van der Waals surface area (Å²) in [6, 6.07) is 22.5. The van der Waals surface area contributed by atoms with Gasteiger partial charge in [0.2, 0.25) is 0 Å². The molecule has 0 radical (unpaired) electrons. The lowest BCUT2D eigenvalue weighted by molar-refractivity contribution is 0.0409. The molecule has 1 aliphatic heterocycles. The first kappa shape index (κ1) is 31.8. The third kappa shape index (κ3) is 8.34. The molecular weight excluding hydrogens is 600 g/mol. The van der Waals surface area contributed by atoms with Crippen molar-refractivity contribution in [1.82, 2.24) is 30.3 Å². The van der Waals surface area contributed by atoms with Crippen molar-refractivity contribution in [3.05, 3.63) is 78.4 Å². The molecule has 0 saturated carbocycles. The summed E-state index contributed by atoms with van der Waals surface area (Å²) < 4.78 is 11.5. The van der Waals surface area contributed by atoms with Gasteiger partial charge in [-0.15, -0.1) is 15.3 Å². The maximum absolute atomic E-state index is 12.7. The van der Waals surface area contributed by atoms with Gasteiger partial charge in [0.15, 0.2) is 0 Å². The molecule has 1 fully saturated rings. The number of carbonyl (C=O) groups excluding carboxylic acids is 1. The number of unbranched alkanes of at least 4 members (excludes halogenated alkanes) is 5. The lowest BCUT2D eigenvalue weighted by Gasteiger charge is -2.32. The lowest BCUT2D eigenvalue weighted by Crippen LogP contribution is -2.38. The topological polar surface area (TPSA) is 104 Å². The van der Waals surface area contributed by atoms with E-state index in [1.54, 1.807) is 31.4 Å². The Balaban J connectivity index is 0.946. The zero-order valence-electron chi connectivity index (χ0n) is 26.2. The number of nitrogens with zero attached hydrogens (tertiary/aromatic N) is 6. The van der Waals surface area contributed by atoms with Crippen LogP contribution in [0, 0.1) is 0 Å². The average molecular weight is 641 g/mol. The van der Waals surface area contributed by atoms with Crippen LogP contribution in [0.1, 0.15) is 61.7 Å². The van der Waals surface area contributed by atoms with Crippen molar-refractivity contribution in [2.75, 3.05) is 33.4 Å². The third-order valence-corrected chi connectivity index (χ3v) is 9.32. The summed E-state index contributed by atoms with van der Waals surface area (Å²) in [7, 11) is 1.78. The van der Waals surface area contributed by atoms with Gasteiger partial charge in [0.25, 0.3) is 0 Å².